The number of aliphatic hydroxyl groups excluding tert-OH is 1. The molecule has 2 amide bonds. The van der Waals surface area contributed by atoms with Gasteiger partial charge in [-0.2, -0.15) is 8.42 Å². The lowest BCUT2D eigenvalue weighted by Gasteiger charge is -2.08. The summed E-state index contributed by atoms with van der Waals surface area (Å²) < 4.78 is 44.1. The Labute approximate surface area is 198 Å². The number of imide groups is 1. The van der Waals surface area contributed by atoms with Crippen LogP contribution in [0.3, 0.4) is 0 Å². The number of hydrogen-bond acceptors (Lipinski definition) is 9. The molecule has 1 aliphatic rings. The summed E-state index contributed by atoms with van der Waals surface area (Å²) in [5.41, 5.74) is 1.92. The molecule has 34 heavy (non-hydrogen) atoms. The molecule has 0 aromatic heterocycles. The van der Waals surface area contributed by atoms with E-state index < -0.39 is 10.1 Å². The lowest BCUT2D eigenvalue weighted by Crippen LogP contribution is -2.19. The number of fused-ring (bicyclic) bond motifs is 1. The fraction of sp³-hybridized carbons (Fsp3) is 0.391. The number of benzene rings is 2. The van der Waals surface area contributed by atoms with Crippen molar-refractivity contribution in [3.8, 4) is 0 Å². The molecular weight excluding hydrogens is 466 g/mol. The number of carbonyl (C=O) groups is 2. The van der Waals surface area contributed by atoms with Gasteiger partial charge in [-0.25, -0.2) is 0 Å². The monoisotopic (exact) mass is 495 g/mol. The van der Waals surface area contributed by atoms with Crippen molar-refractivity contribution in [2.75, 3.05) is 52.9 Å². The summed E-state index contributed by atoms with van der Waals surface area (Å²) in [6.07, 6.45) is 0. The summed E-state index contributed by atoms with van der Waals surface area (Å²) in [5.74, 6) is -0.601. The van der Waals surface area contributed by atoms with Gasteiger partial charge in [-0.15, -0.1) is 0 Å². The molecule has 0 aliphatic carbocycles. The van der Waals surface area contributed by atoms with Gasteiger partial charge >= 0.3 is 0 Å². The zero-order valence-corrected chi connectivity index (χ0v) is 19.7. The topological polar surface area (TPSA) is 137 Å². The number of hydrogen-bond donors (Lipinski definition) is 2. The predicted molar refractivity (Wildman–Crippen MR) is 122 cm³/mol. The summed E-state index contributed by atoms with van der Waals surface area (Å²) in [4.78, 5) is 22.0. The molecule has 11 heteroatoms. The van der Waals surface area contributed by atoms with Crippen molar-refractivity contribution < 1.29 is 41.5 Å². The van der Waals surface area contributed by atoms with Crippen molar-refractivity contribution in [3.05, 3.63) is 65.2 Å². The maximum atomic E-state index is 11.9. The highest BCUT2D eigenvalue weighted by atomic mass is 32.2. The van der Waals surface area contributed by atoms with Gasteiger partial charge in [0.1, 0.15) is 0 Å². The molecule has 0 saturated heterocycles. The maximum Gasteiger partial charge on any atom is 0.297 e. The molecule has 0 atom stereocenters. The quantitative estimate of drug-likeness (QED) is 0.239. The second-order valence-corrected chi connectivity index (χ2v) is 8.59. The van der Waals surface area contributed by atoms with E-state index in [2.05, 4.69) is 5.32 Å². The number of ether oxygens (including phenoxy) is 3. The van der Waals surface area contributed by atoms with Crippen molar-refractivity contribution in [2.24, 2.45) is 0 Å². The van der Waals surface area contributed by atoms with E-state index in [1.807, 2.05) is 6.92 Å². The maximum absolute atomic E-state index is 11.9. The molecule has 1 heterocycles. The minimum absolute atomic E-state index is 0.00535. The van der Waals surface area contributed by atoms with E-state index in [0.717, 1.165) is 5.56 Å². The Morgan fingerprint density at radius 1 is 0.735 bits per heavy atom. The Morgan fingerprint density at radius 2 is 1.21 bits per heavy atom. The van der Waals surface area contributed by atoms with Crippen LogP contribution in [0.5, 0.6) is 0 Å². The van der Waals surface area contributed by atoms with Crippen LogP contribution in [0.25, 0.3) is 0 Å². The molecule has 186 valence electrons. The van der Waals surface area contributed by atoms with Gasteiger partial charge in [0.2, 0.25) is 0 Å². The van der Waals surface area contributed by atoms with Crippen LogP contribution in [-0.4, -0.2) is 78.2 Å². The highest BCUT2D eigenvalue weighted by molar-refractivity contribution is 7.86. The first-order valence-corrected chi connectivity index (χ1v) is 12.0. The van der Waals surface area contributed by atoms with E-state index in [0.29, 0.717) is 44.2 Å². The molecule has 0 bridgehead atoms. The number of nitrogens with one attached hydrogen (secondary N) is 1. The Morgan fingerprint density at radius 3 is 1.71 bits per heavy atom. The van der Waals surface area contributed by atoms with Crippen molar-refractivity contribution >= 4 is 21.9 Å². The third-order valence-corrected chi connectivity index (χ3v) is 5.73. The largest absolute Gasteiger partial charge is 0.394 e. The Balaban J connectivity index is 0.000000305. The number of aliphatic hydroxyl groups is 1. The second kappa shape index (κ2) is 14.6. The Hall–Kier alpha value is -2.67. The van der Waals surface area contributed by atoms with Crippen LogP contribution in [0.4, 0.5) is 0 Å². The van der Waals surface area contributed by atoms with E-state index in [1.54, 1.807) is 36.4 Å². The zero-order chi connectivity index (χ0) is 24.8. The third-order valence-electron chi connectivity index (χ3n) is 4.40. The summed E-state index contributed by atoms with van der Waals surface area (Å²) in [5, 5.41) is 10.7. The molecule has 0 radical (unpaired) electrons. The minimum Gasteiger partial charge on any atom is -0.394 e. The molecule has 2 aromatic carbocycles. The van der Waals surface area contributed by atoms with Crippen molar-refractivity contribution in [1.29, 1.82) is 0 Å². The summed E-state index contributed by atoms with van der Waals surface area (Å²) >= 11 is 0. The Bertz CT molecular complexity index is 990. The summed E-state index contributed by atoms with van der Waals surface area (Å²) in [6.45, 7) is 3.85. The zero-order valence-electron chi connectivity index (χ0n) is 18.9. The van der Waals surface area contributed by atoms with E-state index in [9.17, 15) is 18.0 Å². The highest BCUT2D eigenvalue weighted by Gasteiger charge is 2.25. The van der Waals surface area contributed by atoms with Crippen molar-refractivity contribution in [3.63, 3.8) is 0 Å². The molecule has 2 aromatic rings. The van der Waals surface area contributed by atoms with Gasteiger partial charge < -0.3 is 19.3 Å². The fourth-order valence-corrected chi connectivity index (χ4v) is 3.59. The van der Waals surface area contributed by atoms with Crippen molar-refractivity contribution in [1.82, 2.24) is 5.32 Å². The first kappa shape index (κ1) is 27.6. The van der Waals surface area contributed by atoms with Gasteiger partial charge in [0.15, 0.2) is 0 Å². The molecule has 1 aliphatic heterocycles. The first-order chi connectivity index (χ1) is 16.3. The van der Waals surface area contributed by atoms with Crippen molar-refractivity contribution in [2.45, 2.75) is 11.8 Å². The molecule has 0 unspecified atom stereocenters. The van der Waals surface area contributed by atoms with Gasteiger partial charge in [-0.1, -0.05) is 29.8 Å². The first-order valence-electron chi connectivity index (χ1n) is 10.6. The number of carbonyl (C=O) groups excluding carboxylic acids is 2. The van der Waals surface area contributed by atoms with E-state index >= 15 is 0 Å². The molecule has 0 fully saturated rings. The van der Waals surface area contributed by atoms with Crippen LogP contribution in [0.2, 0.25) is 0 Å². The number of amides is 2. The lowest BCUT2D eigenvalue weighted by molar-refractivity contribution is 0.00389. The number of aryl methyl sites for hydroxylation is 1. The normalized spacial score (nSPS) is 12.6. The Kier molecular flexibility index (Phi) is 11.8. The fourth-order valence-electron chi connectivity index (χ4n) is 2.70. The van der Waals surface area contributed by atoms with Crippen LogP contribution in [-0.2, 0) is 28.5 Å². The van der Waals surface area contributed by atoms with Gasteiger partial charge in [-0.05, 0) is 31.2 Å². The molecule has 2 N–H and O–H groups in total. The standard InChI is InChI=1S/C15H24O7S.C8H5NO2/c1-14-2-4-15(5-3-14)23(17,18)22-13-12-21-11-10-20-9-8-19-7-6-16;10-7-5-3-1-2-4-6(5)8(11)9-7/h2-5,16H,6-13H2,1H3;1-4H,(H,9,10,11). The molecule has 0 saturated carbocycles. The van der Waals surface area contributed by atoms with Crippen LogP contribution >= 0.6 is 0 Å². The summed E-state index contributed by atoms with van der Waals surface area (Å²) in [7, 11) is -3.74. The molecule has 3 rings (SSSR count). The highest BCUT2D eigenvalue weighted by Crippen LogP contribution is 2.14. The van der Waals surface area contributed by atoms with Gasteiger partial charge in [0.05, 0.1) is 68.9 Å². The van der Waals surface area contributed by atoms with E-state index in [4.69, 9.17) is 23.5 Å². The van der Waals surface area contributed by atoms with Crippen LogP contribution < -0.4 is 5.32 Å². The third kappa shape index (κ3) is 9.29. The molecule has 10 nitrogen and oxygen atoms in total. The van der Waals surface area contributed by atoms with E-state index in [-0.39, 0.29) is 36.5 Å². The van der Waals surface area contributed by atoms with Crippen LogP contribution in [0.15, 0.2) is 53.4 Å². The smallest absolute Gasteiger partial charge is 0.297 e. The predicted octanol–water partition coefficient (Wildman–Crippen LogP) is 1.31. The molecular formula is C23H29NO9S. The van der Waals surface area contributed by atoms with Gasteiger partial charge in [0.25, 0.3) is 21.9 Å². The average molecular weight is 496 g/mol. The van der Waals surface area contributed by atoms with Crippen LogP contribution in [0, 0.1) is 6.92 Å². The number of rotatable bonds is 13. The average Bonchev–Trinajstić information content (AvgIpc) is 3.12. The van der Waals surface area contributed by atoms with Crippen LogP contribution in [0.1, 0.15) is 26.3 Å². The second-order valence-electron chi connectivity index (χ2n) is 6.98. The van der Waals surface area contributed by atoms with Gasteiger partial charge in [-0.3, -0.25) is 19.1 Å². The lowest BCUT2D eigenvalue weighted by atomic mass is 10.1. The molecule has 0 spiro atoms. The van der Waals surface area contributed by atoms with E-state index in [1.165, 1.54) is 12.1 Å². The SMILES string of the molecule is Cc1ccc(S(=O)(=O)OCCOCCOCCOCCO)cc1.O=C1NC(=O)c2ccccc21. The minimum atomic E-state index is -3.74. The van der Waals surface area contributed by atoms with Gasteiger partial charge in [0, 0.05) is 0 Å². The summed E-state index contributed by atoms with van der Waals surface area (Å²) in [6, 6.07) is 13.2.